The molecule has 1 aromatic rings. The van der Waals surface area contributed by atoms with E-state index in [9.17, 15) is 4.79 Å². The highest BCUT2D eigenvalue weighted by molar-refractivity contribution is 5.94. The zero-order chi connectivity index (χ0) is 17.1. The zero-order valence-electron chi connectivity index (χ0n) is 15.2. The summed E-state index contributed by atoms with van der Waals surface area (Å²) < 4.78 is 0. The molecule has 2 aliphatic rings. The van der Waals surface area contributed by atoms with Gasteiger partial charge in [0.05, 0.1) is 0 Å². The van der Waals surface area contributed by atoms with Crippen LogP contribution >= 0.6 is 0 Å². The number of benzene rings is 1. The molecule has 24 heavy (non-hydrogen) atoms. The van der Waals surface area contributed by atoms with Crippen molar-refractivity contribution < 1.29 is 4.79 Å². The van der Waals surface area contributed by atoms with Crippen LogP contribution in [0.15, 0.2) is 24.3 Å². The molecule has 5 nitrogen and oxygen atoms in total. The van der Waals surface area contributed by atoms with Crippen LogP contribution in [0.25, 0.3) is 0 Å². The van der Waals surface area contributed by atoms with Gasteiger partial charge in [-0.1, -0.05) is 12.1 Å². The lowest BCUT2D eigenvalue weighted by atomic mass is 10.1. The van der Waals surface area contributed by atoms with Crippen LogP contribution in [0.3, 0.4) is 0 Å². The standard InChI is InChI=1S/C19H30N4O/c1-15-12-20-13-16(2)23(15)19(24)18-6-4-17(5-7-18)14-22-10-8-21(3)9-11-22/h4-7,15-16,20H,8-14H2,1-3H3/t15-,16+. The van der Waals surface area contributed by atoms with Crippen LogP contribution in [0.2, 0.25) is 0 Å². The number of carbonyl (C=O) groups is 1. The second kappa shape index (κ2) is 7.64. The number of nitrogens with one attached hydrogen (secondary N) is 1. The van der Waals surface area contributed by atoms with E-state index >= 15 is 0 Å². The summed E-state index contributed by atoms with van der Waals surface area (Å²) in [6, 6.07) is 8.70. The van der Waals surface area contributed by atoms with Crippen molar-refractivity contribution in [3.63, 3.8) is 0 Å². The Kier molecular flexibility index (Phi) is 5.54. The molecule has 2 atom stereocenters. The van der Waals surface area contributed by atoms with Crippen LogP contribution in [0.5, 0.6) is 0 Å². The first-order valence-electron chi connectivity index (χ1n) is 9.08. The Bertz CT molecular complexity index is 541. The van der Waals surface area contributed by atoms with E-state index in [0.29, 0.717) is 0 Å². The lowest BCUT2D eigenvalue weighted by Crippen LogP contribution is -2.57. The van der Waals surface area contributed by atoms with E-state index in [4.69, 9.17) is 0 Å². The summed E-state index contributed by atoms with van der Waals surface area (Å²) >= 11 is 0. The number of hydrogen-bond acceptors (Lipinski definition) is 4. The summed E-state index contributed by atoms with van der Waals surface area (Å²) in [7, 11) is 2.18. The normalized spacial score (nSPS) is 26.5. The Hall–Kier alpha value is -1.43. The third-order valence-electron chi connectivity index (χ3n) is 5.27. The van der Waals surface area contributed by atoms with Gasteiger partial charge < -0.3 is 15.1 Å². The van der Waals surface area contributed by atoms with Gasteiger partial charge in [-0.25, -0.2) is 0 Å². The molecule has 0 unspecified atom stereocenters. The molecule has 132 valence electrons. The molecule has 0 aliphatic carbocycles. The fourth-order valence-corrected chi connectivity index (χ4v) is 3.70. The Balaban J connectivity index is 1.62. The minimum atomic E-state index is 0.155. The van der Waals surface area contributed by atoms with Crippen LogP contribution in [0.4, 0.5) is 0 Å². The molecule has 3 rings (SSSR count). The van der Waals surface area contributed by atoms with Crippen molar-refractivity contribution in [2.75, 3.05) is 46.3 Å². The predicted octanol–water partition coefficient (Wildman–Crippen LogP) is 1.26. The van der Waals surface area contributed by atoms with Gasteiger partial charge in [-0.15, -0.1) is 0 Å². The molecule has 2 heterocycles. The summed E-state index contributed by atoms with van der Waals surface area (Å²) in [6.07, 6.45) is 0. The first kappa shape index (κ1) is 17.4. The molecule has 2 saturated heterocycles. The predicted molar refractivity (Wildman–Crippen MR) is 97.2 cm³/mol. The lowest BCUT2D eigenvalue weighted by Gasteiger charge is -2.39. The fourth-order valence-electron chi connectivity index (χ4n) is 3.70. The molecule has 2 fully saturated rings. The molecule has 0 bridgehead atoms. The fraction of sp³-hybridized carbons (Fsp3) is 0.632. The van der Waals surface area contributed by atoms with E-state index in [2.05, 4.69) is 48.1 Å². The molecule has 0 spiro atoms. The third-order valence-corrected chi connectivity index (χ3v) is 5.27. The SMILES string of the molecule is C[C@@H]1CNC[C@H](C)N1C(=O)c1ccc(CN2CCN(C)CC2)cc1. The Labute approximate surface area is 145 Å². The van der Waals surface area contributed by atoms with Gasteiger partial charge in [0.2, 0.25) is 0 Å². The second-order valence-electron chi connectivity index (χ2n) is 7.35. The van der Waals surface area contributed by atoms with Crippen LogP contribution in [-0.2, 0) is 6.54 Å². The maximum Gasteiger partial charge on any atom is 0.254 e. The van der Waals surface area contributed by atoms with E-state index in [1.807, 2.05) is 17.0 Å². The highest BCUT2D eigenvalue weighted by Gasteiger charge is 2.29. The first-order valence-corrected chi connectivity index (χ1v) is 9.08. The number of rotatable bonds is 3. The summed E-state index contributed by atoms with van der Waals surface area (Å²) in [5.41, 5.74) is 2.09. The van der Waals surface area contributed by atoms with Crippen molar-refractivity contribution in [2.45, 2.75) is 32.5 Å². The summed E-state index contributed by atoms with van der Waals surface area (Å²) in [4.78, 5) is 19.7. The molecule has 1 N–H and O–H groups in total. The molecular formula is C19H30N4O. The Morgan fingerprint density at radius 3 is 2.21 bits per heavy atom. The van der Waals surface area contributed by atoms with Crippen molar-refractivity contribution in [2.24, 2.45) is 0 Å². The maximum absolute atomic E-state index is 12.8. The molecule has 1 amide bonds. The van der Waals surface area contributed by atoms with Crippen molar-refractivity contribution in [3.8, 4) is 0 Å². The number of piperazine rings is 2. The van der Waals surface area contributed by atoms with Gasteiger partial charge in [0.1, 0.15) is 0 Å². The molecule has 0 aromatic heterocycles. The minimum absolute atomic E-state index is 0.155. The molecule has 5 heteroatoms. The maximum atomic E-state index is 12.8. The van der Waals surface area contributed by atoms with Gasteiger partial charge >= 0.3 is 0 Å². The smallest absolute Gasteiger partial charge is 0.254 e. The van der Waals surface area contributed by atoms with E-state index < -0.39 is 0 Å². The van der Waals surface area contributed by atoms with Crippen molar-refractivity contribution in [1.82, 2.24) is 20.0 Å². The summed E-state index contributed by atoms with van der Waals surface area (Å²) in [5.74, 6) is 0.155. The second-order valence-corrected chi connectivity index (χ2v) is 7.35. The third kappa shape index (κ3) is 3.97. The highest BCUT2D eigenvalue weighted by Crippen LogP contribution is 2.16. The summed E-state index contributed by atoms with van der Waals surface area (Å²) in [5, 5.41) is 3.38. The van der Waals surface area contributed by atoms with Crippen LogP contribution < -0.4 is 5.32 Å². The van der Waals surface area contributed by atoms with Crippen molar-refractivity contribution >= 4 is 5.91 Å². The van der Waals surface area contributed by atoms with Gasteiger partial charge in [0.15, 0.2) is 0 Å². The number of likely N-dealkylation sites (N-methyl/N-ethyl adjacent to an activating group) is 1. The molecular weight excluding hydrogens is 300 g/mol. The van der Waals surface area contributed by atoms with E-state index in [1.54, 1.807) is 0 Å². The molecule has 2 aliphatic heterocycles. The Morgan fingerprint density at radius 2 is 1.62 bits per heavy atom. The van der Waals surface area contributed by atoms with Crippen LogP contribution in [0.1, 0.15) is 29.8 Å². The number of amides is 1. The average molecular weight is 330 g/mol. The monoisotopic (exact) mass is 330 g/mol. The van der Waals surface area contributed by atoms with Crippen LogP contribution in [0, 0.1) is 0 Å². The van der Waals surface area contributed by atoms with Gasteiger partial charge in [0.25, 0.3) is 5.91 Å². The van der Waals surface area contributed by atoms with Gasteiger partial charge in [-0.2, -0.15) is 0 Å². The van der Waals surface area contributed by atoms with Gasteiger partial charge in [-0.3, -0.25) is 9.69 Å². The highest BCUT2D eigenvalue weighted by atomic mass is 16.2. The van der Waals surface area contributed by atoms with Crippen molar-refractivity contribution in [1.29, 1.82) is 0 Å². The summed E-state index contributed by atoms with van der Waals surface area (Å²) in [6.45, 7) is 11.5. The lowest BCUT2D eigenvalue weighted by molar-refractivity contribution is 0.0544. The number of carbonyl (C=O) groups excluding carboxylic acids is 1. The number of nitrogens with zero attached hydrogens (tertiary/aromatic N) is 3. The van der Waals surface area contributed by atoms with Gasteiger partial charge in [0, 0.05) is 63.5 Å². The zero-order valence-corrected chi connectivity index (χ0v) is 15.2. The van der Waals surface area contributed by atoms with Crippen molar-refractivity contribution in [3.05, 3.63) is 35.4 Å². The van der Waals surface area contributed by atoms with Crippen LogP contribution in [-0.4, -0.2) is 79.0 Å². The Morgan fingerprint density at radius 1 is 1.04 bits per heavy atom. The number of hydrogen-bond donors (Lipinski definition) is 1. The van der Waals surface area contributed by atoms with E-state index in [0.717, 1.165) is 51.4 Å². The topological polar surface area (TPSA) is 38.8 Å². The first-order chi connectivity index (χ1) is 11.5. The van der Waals surface area contributed by atoms with E-state index in [1.165, 1.54) is 5.56 Å². The molecule has 1 aromatic carbocycles. The molecule has 0 radical (unpaired) electrons. The molecule has 0 saturated carbocycles. The van der Waals surface area contributed by atoms with E-state index in [-0.39, 0.29) is 18.0 Å². The van der Waals surface area contributed by atoms with Gasteiger partial charge in [-0.05, 0) is 38.6 Å². The average Bonchev–Trinajstić information content (AvgIpc) is 2.57. The quantitative estimate of drug-likeness (QED) is 0.906. The minimum Gasteiger partial charge on any atom is -0.331 e. The largest absolute Gasteiger partial charge is 0.331 e.